The van der Waals surface area contributed by atoms with Gasteiger partial charge < -0.3 is 28.8 Å². The molecule has 4 heterocycles. The van der Waals surface area contributed by atoms with E-state index in [2.05, 4.69) is 32.2 Å². The van der Waals surface area contributed by atoms with Gasteiger partial charge >= 0.3 is 6.09 Å². The van der Waals surface area contributed by atoms with Gasteiger partial charge in [-0.3, -0.25) is 0 Å². The largest absolute Gasteiger partial charge is 0.473 e. The van der Waals surface area contributed by atoms with E-state index in [4.69, 9.17) is 18.6 Å². The van der Waals surface area contributed by atoms with Crippen LogP contribution in [0.2, 0.25) is 0 Å². The number of methoxy groups -OCH3 is 1. The molecule has 11 heteroatoms. The van der Waals surface area contributed by atoms with Gasteiger partial charge in [-0.2, -0.15) is 0 Å². The summed E-state index contributed by atoms with van der Waals surface area (Å²) in [7, 11) is 1.69. The van der Waals surface area contributed by atoms with Crippen LogP contribution in [0, 0.1) is 0 Å². The van der Waals surface area contributed by atoms with Crippen molar-refractivity contribution in [3.8, 4) is 17.3 Å². The summed E-state index contributed by atoms with van der Waals surface area (Å²) < 4.78 is 24.4. The Hall–Kier alpha value is -3.86. The zero-order valence-corrected chi connectivity index (χ0v) is 21.5. The third kappa shape index (κ3) is 5.31. The zero-order valence-electron chi connectivity index (χ0n) is 21.5. The fraction of sp³-hybridized carbons (Fsp3) is 0.462. The first-order valence-corrected chi connectivity index (χ1v) is 12.6. The average molecular weight is 509 g/mol. The van der Waals surface area contributed by atoms with E-state index in [9.17, 15) is 4.79 Å². The number of amides is 1. The number of likely N-dealkylation sites (N-methyl/N-ethyl adjacent to an activating group) is 1. The fourth-order valence-electron chi connectivity index (χ4n) is 4.39. The highest BCUT2D eigenvalue weighted by Crippen LogP contribution is 2.33. The van der Waals surface area contributed by atoms with Gasteiger partial charge in [-0.25, -0.2) is 19.3 Å². The number of nitrogens with one attached hydrogen (secondary N) is 1. The molecule has 0 spiro atoms. The number of hydrogen-bond donors (Lipinski definition) is 1. The SMILES string of the molecule is CCN(CCOC)c1nccc2oc(-c3cnc4ccc(OC5CC(NC(=O)OC(C)C)C5)nn34)cc12. The standard InChI is InChI=1S/C26H32N6O5/c1-5-31(10-11-34-4)25-19-14-22(37-21(19)8-9-27-25)20-15-28-23-6-7-24(30-32(20)23)36-18-12-17(13-18)29-26(33)35-16(2)3/h6-9,14-18H,5,10-13H2,1-4H3,(H,29,33). The van der Waals surface area contributed by atoms with Gasteiger partial charge in [0.15, 0.2) is 11.4 Å². The predicted molar refractivity (Wildman–Crippen MR) is 138 cm³/mol. The molecule has 11 nitrogen and oxygen atoms in total. The number of nitrogens with zero attached hydrogens (tertiary/aromatic N) is 5. The number of furan rings is 1. The molecule has 0 aliphatic heterocycles. The molecule has 1 saturated carbocycles. The number of pyridine rings is 1. The lowest BCUT2D eigenvalue weighted by Gasteiger charge is -2.35. The van der Waals surface area contributed by atoms with Crippen molar-refractivity contribution in [1.29, 1.82) is 0 Å². The number of anilines is 1. The van der Waals surface area contributed by atoms with Gasteiger partial charge in [0.1, 0.15) is 23.2 Å². The van der Waals surface area contributed by atoms with Crippen molar-refractivity contribution in [1.82, 2.24) is 24.9 Å². The lowest BCUT2D eigenvalue weighted by atomic mass is 9.89. The van der Waals surface area contributed by atoms with Gasteiger partial charge in [0.2, 0.25) is 5.88 Å². The van der Waals surface area contributed by atoms with Crippen LogP contribution in [0.4, 0.5) is 10.6 Å². The summed E-state index contributed by atoms with van der Waals surface area (Å²) in [6.07, 6.45) is 4.30. The quantitative estimate of drug-likeness (QED) is 0.338. The Balaban J connectivity index is 1.33. The van der Waals surface area contributed by atoms with Crippen molar-refractivity contribution in [2.24, 2.45) is 0 Å². The second-order valence-electron chi connectivity index (χ2n) is 9.32. The van der Waals surface area contributed by atoms with E-state index in [0.29, 0.717) is 42.4 Å². The number of hydrogen-bond acceptors (Lipinski definition) is 9. The van der Waals surface area contributed by atoms with E-state index < -0.39 is 6.09 Å². The summed E-state index contributed by atoms with van der Waals surface area (Å²) in [5.41, 5.74) is 2.13. The van der Waals surface area contributed by atoms with Crippen LogP contribution in [0.5, 0.6) is 5.88 Å². The van der Waals surface area contributed by atoms with E-state index >= 15 is 0 Å². The van der Waals surface area contributed by atoms with Gasteiger partial charge in [-0.05, 0) is 39.0 Å². The Morgan fingerprint density at radius 3 is 2.86 bits per heavy atom. The third-order valence-electron chi connectivity index (χ3n) is 6.31. The first kappa shape index (κ1) is 24.8. The number of rotatable bonds is 10. The first-order chi connectivity index (χ1) is 17.9. The summed E-state index contributed by atoms with van der Waals surface area (Å²) in [5.74, 6) is 1.97. The predicted octanol–water partition coefficient (Wildman–Crippen LogP) is 4.05. The maximum Gasteiger partial charge on any atom is 0.407 e. The number of carbonyl (C=O) groups is 1. The molecule has 37 heavy (non-hydrogen) atoms. The number of ether oxygens (including phenoxy) is 3. The molecule has 1 N–H and O–H groups in total. The van der Waals surface area contributed by atoms with Crippen molar-refractivity contribution in [2.75, 3.05) is 31.7 Å². The minimum absolute atomic E-state index is 0.0340. The molecule has 0 saturated heterocycles. The smallest absolute Gasteiger partial charge is 0.407 e. The lowest BCUT2D eigenvalue weighted by Crippen LogP contribution is -2.49. The monoisotopic (exact) mass is 508 g/mol. The van der Waals surface area contributed by atoms with E-state index in [0.717, 1.165) is 29.9 Å². The first-order valence-electron chi connectivity index (χ1n) is 12.6. The molecular weight excluding hydrogens is 476 g/mol. The molecule has 0 aromatic carbocycles. The van der Waals surface area contributed by atoms with Crippen LogP contribution in [-0.4, -0.2) is 70.7 Å². The van der Waals surface area contributed by atoms with Crippen LogP contribution in [0.3, 0.4) is 0 Å². The van der Waals surface area contributed by atoms with Crippen LogP contribution in [-0.2, 0) is 9.47 Å². The normalized spacial score (nSPS) is 17.2. The highest BCUT2D eigenvalue weighted by molar-refractivity contribution is 5.91. The second-order valence-corrected chi connectivity index (χ2v) is 9.32. The Bertz CT molecular complexity index is 1380. The maximum absolute atomic E-state index is 11.8. The van der Waals surface area contributed by atoms with E-state index in [1.54, 1.807) is 30.1 Å². The van der Waals surface area contributed by atoms with Crippen LogP contribution in [0.15, 0.2) is 41.1 Å². The Morgan fingerprint density at radius 1 is 1.27 bits per heavy atom. The minimum Gasteiger partial charge on any atom is -0.473 e. The van der Waals surface area contributed by atoms with Gasteiger partial charge in [-0.15, -0.1) is 5.10 Å². The zero-order chi connectivity index (χ0) is 25.9. The van der Waals surface area contributed by atoms with Crippen LogP contribution >= 0.6 is 0 Å². The number of aromatic nitrogens is 4. The highest BCUT2D eigenvalue weighted by atomic mass is 16.6. The third-order valence-corrected chi connectivity index (χ3v) is 6.31. The van der Waals surface area contributed by atoms with Gasteiger partial charge in [-0.1, -0.05) is 0 Å². The molecular formula is C26H32N6O5. The van der Waals surface area contributed by atoms with Crippen molar-refractivity contribution >= 4 is 28.5 Å². The van der Waals surface area contributed by atoms with Gasteiger partial charge in [0, 0.05) is 51.3 Å². The summed E-state index contributed by atoms with van der Waals surface area (Å²) in [5, 5.41) is 8.43. The molecule has 0 unspecified atom stereocenters. The molecule has 1 aliphatic carbocycles. The van der Waals surface area contributed by atoms with Crippen molar-refractivity contribution in [3.05, 3.63) is 36.7 Å². The number of fused-ring (bicyclic) bond motifs is 2. The van der Waals surface area contributed by atoms with Crippen molar-refractivity contribution in [2.45, 2.75) is 51.9 Å². The average Bonchev–Trinajstić information content (AvgIpc) is 3.46. The summed E-state index contributed by atoms with van der Waals surface area (Å²) >= 11 is 0. The number of carbonyl (C=O) groups excluding carboxylic acids is 1. The second kappa shape index (κ2) is 10.6. The Kier molecular flexibility index (Phi) is 7.13. The molecule has 0 atom stereocenters. The van der Waals surface area contributed by atoms with Crippen LogP contribution in [0.25, 0.3) is 28.1 Å². The molecule has 1 aliphatic rings. The fourth-order valence-corrected chi connectivity index (χ4v) is 4.39. The highest BCUT2D eigenvalue weighted by Gasteiger charge is 2.33. The van der Waals surface area contributed by atoms with Gasteiger partial charge in [0.05, 0.1) is 24.3 Å². The molecule has 0 bridgehead atoms. The summed E-state index contributed by atoms with van der Waals surface area (Å²) in [6.45, 7) is 7.87. The molecule has 0 radical (unpaired) electrons. The number of alkyl carbamates (subject to hydrolysis) is 1. The summed E-state index contributed by atoms with van der Waals surface area (Å²) in [6, 6.07) is 7.53. The minimum atomic E-state index is -0.397. The molecule has 1 amide bonds. The summed E-state index contributed by atoms with van der Waals surface area (Å²) in [4.78, 5) is 23.0. The van der Waals surface area contributed by atoms with E-state index in [1.807, 2.05) is 32.0 Å². The Morgan fingerprint density at radius 2 is 2.11 bits per heavy atom. The van der Waals surface area contributed by atoms with Crippen LogP contribution in [0.1, 0.15) is 33.6 Å². The number of imidazole rings is 1. The van der Waals surface area contributed by atoms with Crippen LogP contribution < -0.4 is 15.0 Å². The van der Waals surface area contributed by atoms with Crippen molar-refractivity contribution in [3.63, 3.8) is 0 Å². The maximum atomic E-state index is 11.8. The Labute approximate surface area is 214 Å². The molecule has 1 fully saturated rings. The lowest BCUT2D eigenvalue weighted by molar-refractivity contribution is 0.0653. The molecule has 4 aromatic rings. The molecule has 196 valence electrons. The van der Waals surface area contributed by atoms with Gasteiger partial charge in [0.25, 0.3) is 0 Å². The molecule has 4 aromatic heterocycles. The van der Waals surface area contributed by atoms with E-state index in [-0.39, 0.29) is 18.2 Å². The van der Waals surface area contributed by atoms with Crippen molar-refractivity contribution < 1.29 is 23.4 Å². The molecule has 5 rings (SSSR count). The topological polar surface area (TPSA) is 116 Å². The van der Waals surface area contributed by atoms with E-state index in [1.165, 1.54) is 0 Å².